The molecule has 0 bridgehead atoms. The van der Waals surface area contributed by atoms with Gasteiger partial charge in [-0.1, -0.05) is 5.21 Å². The minimum absolute atomic E-state index is 0.0939. The van der Waals surface area contributed by atoms with Crippen LogP contribution in [-0.4, -0.2) is 61.8 Å². The molecule has 0 spiro atoms. The summed E-state index contributed by atoms with van der Waals surface area (Å²) in [6.07, 6.45) is 1.56. The highest BCUT2D eigenvalue weighted by atomic mass is 16.4. The summed E-state index contributed by atoms with van der Waals surface area (Å²) in [6, 6.07) is -0.801. The van der Waals surface area contributed by atoms with E-state index in [1.165, 1.54) is 13.2 Å². The first-order chi connectivity index (χ1) is 9.88. The van der Waals surface area contributed by atoms with E-state index in [0.29, 0.717) is 0 Å². The number of likely N-dealkylation sites (tertiary alicyclic amines) is 1. The number of nitrogens with one attached hydrogen (secondary N) is 1. The number of carboxylic acids is 1. The summed E-state index contributed by atoms with van der Waals surface area (Å²) in [4.78, 5) is 46.5. The van der Waals surface area contributed by atoms with Crippen LogP contribution in [0, 0.1) is 0 Å². The normalized spacial score (nSPS) is 18.7. The highest BCUT2D eigenvalue weighted by molar-refractivity contribution is 6.03. The number of likely N-dealkylation sites (N-methyl/N-ethyl adjacent to an activating group) is 1. The number of aliphatic carboxylic acids is 1. The number of carbonyl (C=O) groups is 4. The van der Waals surface area contributed by atoms with Gasteiger partial charge in [-0.2, -0.15) is 0 Å². The summed E-state index contributed by atoms with van der Waals surface area (Å²) in [7, 11) is 1.35. The summed E-state index contributed by atoms with van der Waals surface area (Å²) in [5.74, 6) is -2.54. The molecule has 2 rings (SSSR count). The molecule has 1 saturated heterocycles. The minimum Gasteiger partial charge on any atom is -0.480 e. The molecule has 112 valence electrons. The van der Waals surface area contributed by atoms with Gasteiger partial charge in [0.25, 0.3) is 11.8 Å². The molecule has 1 fully saturated rings. The summed E-state index contributed by atoms with van der Waals surface area (Å²) in [6.45, 7) is -0.417. The average molecular weight is 295 g/mol. The van der Waals surface area contributed by atoms with Crippen LogP contribution in [0.3, 0.4) is 0 Å². The van der Waals surface area contributed by atoms with Crippen LogP contribution in [0.2, 0.25) is 0 Å². The Balaban J connectivity index is 2.01. The predicted octanol–water partition coefficient (Wildman–Crippen LogP) is -1.76. The van der Waals surface area contributed by atoms with E-state index < -0.39 is 30.4 Å². The number of nitrogens with zero attached hydrogens (tertiary/aromatic N) is 4. The topological polar surface area (TPSA) is 134 Å². The largest absolute Gasteiger partial charge is 0.480 e. The van der Waals surface area contributed by atoms with Crippen LogP contribution in [0.15, 0.2) is 6.20 Å². The van der Waals surface area contributed by atoms with Crippen molar-refractivity contribution in [2.75, 3.05) is 7.05 Å². The number of carboxylic acid groups (broad SMARTS) is 1. The molecule has 1 aliphatic heterocycles. The van der Waals surface area contributed by atoms with Crippen molar-refractivity contribution < 1.29 is 24.3 Å². The monoisotopic (exact) mass is 295 g/mol. The number of aromatic nitrogens is 3. The third-order valence-corrected chi connectivity index (χ3v) is 3.02. The minimum atomic E-state index is -1.12. The molecule has 10 nitrogen and oxygen atoms in total. The van der Waals surface area contributed by atoms with E-state index in [0.717, 1.165) is 9.58 Å². The Morgan fingerprint density at radius 1 is 1.48 bits per heavy atom. The van der Waals surface area contributed by atoms with Gasteiger partial charge >= 0.3 is 5.97 Å². The number of hydrogen-bond donors (Lipinski definition) is 2. The van der Waals surface area contributed by atoms with Gasteiger partial charge in [-0.05, 0) is 6.42 Å². The Kier molecular flexibility index (Phi) is 3.96. The Labute approximate surface area is 118 Å². The third-order valence-electron chi connectivity index (χ3n) is 3.02. The van der Waals surface area contributed by atoms with Crippen molar-refractivity contribution in [1.29, 1.82) is 0 Å². The molecule has 1 atom stereocenters. The summed E-state index contributed by atoms with van der Waals surface area (Å²) < 4.78 is 0.996. The number of piperidine rings is 1. The Morgan fingerprint density at radius 3 is 2.86 bits per heavy atom. The molecule has 0 aliphatic carbocycles. The van der Waals surface area contributed by atoms with E-state index in [2.05, 4.69) is 15.6 Å². The molecule has 0 aromatic carbocycles. The fourth-order valence-corrected chi connectivity index (χ4v) is 1.90. The lowest BCUT2D eigenvalue weighted by Gasteiger charge is -2.27. The number of imide groups is 1. The maximum atomic E-state index is 11.9. The molecule has 10 heteroatoms. The van der Waals surface area contributed by atoms with Crippen molar-refractivity contribution in [3.63, 3.8) is 0 Å². The first-order valence-electron chi connectivity index (χ1n) is 6.11. The smallest absolute Gasteiger partial charge is 0.325 e. The van der Waals surface area contributed by atoms with Gasteiger partial charge in [-0.3, -0.25) is 24.1 Å². The van der Waals surface area contributed by atoms with Crippen LogP contribution in [0.1, 0.15) is 23.3 Å². The summed E-state index contributed by atoms with van der Waals surface area (Å²) >= 11 is 0. The molecule has 21 heavy (non-hydrogen) atoms. The van der Waals surface area contributed by atoms with Gasteiger partial charge in [0.1, 0.15) is 12.6 Å². The predicted molar refractivity (Wildman–Crippen MR) is 65.9 cm³/mol. The van der Waals surface area contributed by atoms with Crippen LogP contribution < -0.4 is 5.32 Å². The molecular weight excluding hydrogens is 282 g/mol. The van der Waals surface area contributed by atoms with E-state index in [-0.39, 0.29) is 24.4 Å². The average Bonchev–Trinajstić information content (AvgIpc) is 2.87. The quantitative estimate of drug-likeness (QED) is 0.628. The third kappa shape index (κ3) is 3.22. The van der Waals surface area contributed by atoms with Gasteiger partial charge in [0.05, 0.1) is 6.20 Å². The summed E-state index contributed by atoms with van der Waals surface area (Å²) in [5, 5.41) is 18.1. The zero-order chi connectivity index (χ0) is 15.6. The number of hydrogen-bond acceptors (Lipinski definition) is 6. The van der Waals surface area contributed by atoms with Crippen LogP contribution >= 0.6 is 0 Å². The molecule has 2 N–H and O–H groups in total. The highest BCUT2D eigenvalue weighted by Gasteiger charge is 2.33. The molecular formula is C11H13N5O5. The van der Waals surface area contributed by atoms with Crippen molar-refractivity contribution in [3.8, 4) is 0 Å². The molecule has 2 heterocycles. The lowest BCUT2D eigenvalue weighted by molar-refractivity contribution is -0.148. The SMILES string of the molecule is CN1C(=O)CCC(NC(=O)c2cn(CC(=O)O)nn2)C1=O. The van der Waals surface area contributed by atoms with E-state index in [1.54, 1.807) is 0 Å². The molecule has 0 radical (unpaired) electrons. The molecule has 1 aliphatic rings. The number of rotatable bonds is 4. The highest BCUT2D eigenvalue weighted by Crippen LogP contribution is 2.11. The van der Waals surface area contributed by atoms with Gasteiger partial charge < -0.3 is 10.4 Å². The van der Waals surface area contributed by atoms with Gasteiger partial charge in [0, 0.05) is 13.5 Å². The zero-order valence-corrected chi connectivity index (χ0v) is 11.1. The second-order valence-corrected chi connectivity index (χ2v) is 4.55. The summed E-state index contributed by atoms with van der Waals surface area (Å²) in [5.41, 5.74) is -0.0939. The van der Waals surface area contributed by atoms with Crippen molar-refractivity contribution in [3.05, 3.63) is 11.9 Å². The van der Waals surface area contributed by atoms with Crippen LogP contribution in [-0.2, 0) is 20.9 Å². The Hall–Kier alpha value is -2.78. The van der Waals surface area contributed by atoms with E-state index in [4.69, 9.17) is 5.11 Å². The van der Waals surface area contributed by atoms with Crippen LogP contribution in [0.25, 0.3) is 0 Å². The maximum Gasteiger partial charge on any atom is 0.325 e. The second-order valence-electron chi connectivity index (χ2n) is 4.55. The van der Waals surface area contributed by atoms with Gasteiger partial charge in [-0.15, -0.1) is 5.10 Å². The number of carbonyl (C=O) groups excluding carboxylic acids is 3. The lowest BCUT2D eigenvalue weighted by atomic mass is 10.0. The van der Waals surface area contributed by atoms with Crippen molar-refractivity contribution in [1.82, 2.24) is 25.2 Å². The van der Waals surface area contributed by atoms with E-state index in [9.17, 15) is 19.2 Å². The van der Waals surface area contributed by atoms with Crippen LogP contribution in [0.4, 0.5) is 0 Å². The first-order valence-corrected chi connectivity index (χ1v) is 6.11. The Morgan fingerprint density at radius 2 is 2.19 bits per heavy atom. The zero-order valence-electron chi connectivity index (χ0n) is 11.1. The molecule has 1 aromatic rings. The fraction of sp³-hybridized carbons (Fsp3) is 0.455. The van der Waals surface area contributed by atoms with Crippen molar-refractivity contribution in [2.24, 2.45) is 0 Å². The van der Waals surface area contributed by atoms with Gasteiger partial charge in [-0.25, -0.2) is 4.68 Å². The first kappa shape index (κ1) is 14.6. The van der Waals surface area contributed by atoms with E-state index in [1.807, 2.05) is 0 Å². The van der Waals surface area contributed by atoms with Crippen LogP contribution in [0.5, 0.6) is 0 Å². The maximum absolute atomic E-state index is 11.9. The standard InChI is InChI=1S/C11H13N5O5/c1-15-8(17)3-2-6(11(15)21)12-10(20)7-4-16(14-13-7)5-9(18)19/h4,6H,2-3,5H2,1H3,(H,12,20)(H,18,19). The van der Waals surface area contributed by atoms with Crippen molar-refractivity contribution >= 4 is 23.7 Å². The molecule has 1 unspecified atom stereocenters. The second kappa shape index (κ2) is 5.69. The molecule has 3 amide bonds. The molecule has 0 saturated carbocycles. The van der Waals surface area contributed by atoms with E-state index >= 15 is 0 Å². The molecule has 1 aromatic heterocycles. The Bertz CT molecular complexity index is 610. The fourth-order valence-electron chi connectivity index (χ4n) is 1.90. The lowest BCUT2D eigenvalue weighted by Crippen LogP contribution is -2.52. The van der Waals surface area contributed by atoms with Crippen molar-refractivity contribution in [2.45, 2.75) is 25.4 Å². The number of amides is 3. The van der Waals surface area contributed by atoms with Gasteiger partial charge in [0.2, 0.25) is 5.91 Å². The van der Waals surface area contributed by atoms with Gasteiger partial charge in [0.15, 0.2) is 5.69 Å².